The molecule has 136 valence electrons. The van der Waals surface area contributed by atoms with Gasteiger partial charge in [0.05, 0.1) is 38.6 Å². The fraction of sp³-hybridized carbons (Fsp3) is 0.588. The van der Waals surface area contributed by atoms with Crippen LogP contribution < -0.4 is 5.32 Å². The Balaban J connectivity index is 2.31. The second-order valence-electron chi connectivity index (χ2n) is 5.92. The number of aliphatic hydroxyl groups excluding tert-OH is 1. The highest BCUT2D eigenvalue weighted by atomic mass is 79.9. The summed E-state index contributed by atoms with van der Waals surface area (Å²) in [6, 6.07) is 5.30. The van der Waals surface area contributed by atoms with Crippen molar-refractivity contribution in [1.29, 1.82) is 0 Å². The van der Waals surface area contributed by atoms with Crippen molar-refractivity contribution < 1.29 is 19.4 Å². The molecule has 0 aliphatic rings. The minimum Gasteiger partial charge on any atom is -0.389 e. The number of nitrogens with zero attached hydrogens (tertiary/aromatic N) is 1. The van der Waals surface area contributed by atoms with Gasteiger partial charge in [-0.2, -0.15) is 0 Å². The number of likely N-dealkylation sites (N-methyl/N-ethyl adjacent to an activating group) is 1. The highest BCUT2D eigenvalue weighted by molar-refractivity contribution is 9.10. The molecule has 0 saturated carbocycles. The van der Waals surface area contributed by atoms with E-state index in [-0.39, 0.29) is 25.3 Å². The summed E-state index contributed by atoms with van der Waals surface area (Å²) >= 11 is 3.42. The lowest BCUT2D eigenvalue weighted by Crippen LogP contribution is -2.39. The van der Waals surface area contributed by atoms with Gasteiger partial charge in [0.15, 0.2) is 0 Å². The summed E-state index contributed by atoms with van der Waals surface area (Å²) in [7, 11) is 1.63. The van der Waals surface area contributed by atoms with Crippen molar-refractivity contribution in [1.82, 2.24) is 4.90 Å². The quantitative estimate of drug-likeness (QED) is 0.622. The first-order valence-corrected chi connectivity index (χ1v) is 8.74. The van der Waals surface area contributed by atoms with Gasteiger partial charge in [-0.3, -0.25) is 0 Å². The molecule has 0 fully saturated rings. The second kappa shape index (κ2) is 10.7. The number of rotatable bonds is 9. The van der Waals surface area contributed by atoms with Crippen LogP contribution >= 0.6 is 15.9 Å². The van der Waals surface area contributed by atoms with Gasteiger partial charge < -0.3 is 24.8 Å². The van der Waals surface area contributed by atoms with E-state index in [1.807, 2.05) is 39.0 Å². The summed E-state index contributed by atoms with van der Waals surface area (Å²) in [5, 5.41) is 12.7. The van der Waals surface area contributed by atoms with E-state index >= 15 is 0 Å². The third-order valence-corrected chi connectivity index (χ3v) is 4.12. The normalized spacial score (nSPS) is 12.3. The maximum Gasteiger partial charge on any atom is 0.321 e. The lowest BCUT2D eigenvalue weighted by Gasteiger charge is -2.21. The molecular weight excluding hydrogens is 376 g/mol. The summed E-state index contributed by atoms with van der Waals surface area (Å²) in [5.41, 5.74) is 1.75. The molecule has 0 aliphatic carbocycles. The van der Waals surface area contributed by atoms with Crippen molar-refractivity contribution in [2.24, 2.45) is 0 Å². The second-order valence-corrected chi connectivity index (χ2v) is 6.78. The van der Waals surface area contributed by atoms with Crippen molar-refractivity contribution in [2.75, 3.05) is 38.7 Å². The number of hydrogen-bond donors (Lipinski definition) is 2. The minimum atomic E-state index is -0.744. The van der Waals surface area contributed by atoms with Crippen LogP contribution in [0.3, 0.4) is 0 Å². The molecule has 2 amide bonds. The Morgan fingerprint density at radius 3 is 2.71 bits per heavy atom. The molecule has 0 bridgehead atoms. The van der Waals surface area contributed by atoms with Gasteiger partial charge in [-0.05, 0) is 44.5 Å². The number of aryl methyl sites for hydroxylation is 1. The zero-order valence-electron chi connectivity index (χ0n) is 14.7. The standard InChI is InChI=1S/C17H27BrN2O4/c1-12(2)24-8-7-23-11-15(21)10-20(4)17(22)19-14-5-6-16(18)13(3)9-14/h5-6,9,12,15,21H,7-8,10-11H2,1-4H3,(H,19,22). The number of ether oxygens (including phenoxy) is 2. The monoisotopic (exact) mass is 402 g/mol. The molecule has 0 radical (unpaired) electrons. The molecule has 0 saturated heterocycles. The van der Waals surface area contributed by atoms with Crippen molar-refractivity contribution in [3.05, 3.63) is 28.2 Å². The lowest BCUT2D eigenvalue weighted by atomic mass is 10.2. The summed E-state index contributed by atoms with van der Waals surface area (Å²) < 4.78 is 11.7. The maximum atomic E-state index is 12.1. The van der Waals surface area contributed by atoms with Crippen LogP contribution in [0.4, 0.5) is 10.5 Å². The van der Waals surface area contributed by atoms with Gasteiger partial charge in [0, 0.05) is 17.2 Å². The smallest absolute Gasteiger partial charge is 0.321 e. The number of carbonyl (C=O) groups excluding carboxylic acids is 1. The summed E-state index contributed by atoms with van der Waals surface area (Å²) in [5.74, 6) is 0. The molecule has 1 atom stereocenters. The van der Waals surface area contributed by atoms with E-state index in [4.69, 9.17) is 9.47 Å². The molecular formula is C17H27BrN2O4. The van der Waals surface area contributed by atoms with E-state index < -0.39 is 6.10 Å². The molecule has 2 N–H and O–H groups in total. The average molecular weight is 403 g/mol. The average Bonchev–Trinajstić information content (AvgIpc) is 2.50. The topological polar surface area (TPSA) is 71.0 Å². The molecule has 1 unspecified atom stereocenters. The van der Waals surface area contributed by atoms with E-state index in [0.29, 0.717) is 18.9 Å². The Morgan fingerprint density at radius 2 is 2.08 bits per heavy atom. The summed E-state index contributed by atoms with van der Waals surface area (Å²) in [4.78, 5) is 13.6. The van der Waals surface area contributed by atoms with Gasteiger partial charge in [-0.25, -0.2) is 4.79 Å². The van der Waals surface area contributed by atoms with E-state index in [2.05, 4.69) is 21.2 Å². The molecule has 1 rings (SSSR count). The lowest BCUT2D eigenvalue weighted by molar-refractivity contribution is -0.0144. The fourth-order valence-electron chi connectivity index (χ4n) is 1.96. The molecule has 0 aromatic heterocycles. The molecule has 0 heterocycles. The van der Waals surface area contributed by atoms with Crippen LogP contribution in [0.25, 0.3) is 0 Å². The van der Waals surface area contributed by atoms with Gasteiger partial charge in [0.1, 0.15) is 0 Å². The first-order chi connectivity index (χ1) is 11.3. The molecule has 7 heteroatoms. The van der Waals surface area contributed by atoms with Crippen LogP contribution in [0.2, 0.25) is 0 Å². The number of carbonyl (C=O) groups is 1. The Bertz CT molecular complexity index is 525. The predicted molar refractivity (Wildman–Crippen MR) is 98.4 cm³/mol. The number of urea groups is 1. The number of benzene rings is 1. The van der Waals surface area contributed by atoms with Crippen LogP contribution in [-0.2, 0) is 9.47 Å². The zero-order chi connectivity index (χ0) is 18.1. The van der Waals surface area contributed by atoms with Gasteiger partial charge in [0.2, 0.25) is 0 Å². The van der Waals surface area contributed by atoms with Gasteiger partial charge >= 0.3 is 6.03 Å². The summed E-state index contributed by atoms with van der Waals surface area (Å²) in [6.45, 7) is 7.12. The van der Waals surface area contributed by atoms with Gasteiger partial charge in [-0.1, -0.05) is 15.9 Å². The van der Waals surface area contributed by atoms with E-state index in [1.54, 1.807) is 7.05 Å². The number of amides is 2. The van der Waals surface area contributed by atoms with Crippen molar-refractivity contribution in [2.45, 2.75) is 33.0 Å². The van der Waals surface area contributed by atoms with Crippen LogP contribution in [0.1, 0.15) is 19.4 Å². The third-order valence-electron chi connectivity index (χ3n) is 3.23. The van der Waals surface area contributed by atoms with Crippen LogP contribution in [0, 0.1) is 6.92 Å². The third kappa shape index (κ3) is 8.10. The van der Waals surface area contributed by atoms with Crippen LogP contribution in [0.15, 0.2) is 22.7 Å². The van der Waals surface area contributed by atoms with Gasteiger partial charge in [-0.15, -0.1) is 0 Å². The highest BCUT2D eigenvalue weighted by Crippen LogP contribution is 2.20. The Morgan fingerprint density at radius 1 is 1.38 bits per heavy atom. The fourth-order valence-corrected chi connectivity index (χ4v) is 2.20. The van der Waals surface area contributed by atoms with Crippen molar-refractivity contribution >= 4 is 27.6 Å². The Labute approximate surface area is 152 Å². The first-order valence-electron chi connectivity index (χ1n) is 7.95. The SMILES string of the molecule is Cc1cc(NC(=O)N(C)CC(O)COCCOC(C)C)ccc1Br. The van der Waals surface area contributed by atoms with Crippen molar-refractivity contribution in [3.8, 4) is 0 Å². The van der Waals surface area contributed by atoms with Crippen LogP contribution in [0.5, 0.6) is 0 Å². The molecule has 6 nitrogen and oxygen atoms in total. The molecule has 1 aromatic carbocycles. The highest BCUT2D eigenvalue weighted by Gasteiger charge is 2.14. The molecule has 0 aliphatic heterocycles. The number of hydrogen-bond acceptors (Lipinski definition) is 4. The predicted octanol–water partition coefficient (Wildman–Crippen LogP) is 3.02. The van der Waals surface area contributed by atoms with E-state index in [9.17, 15) is 9.90 Å². The largest absolute Gasteiger partial charge is 0.389 e. The van der Waals surface area contributed by atoms with Crippen molar-refractivity contribution in [3.63, 3.8) is 0 Å². The van der Waals surface area contributed by atoms with E-state index in [1.165, 1.54) is 4.90 Å². The van der Waals surface area contributed by atoms with E-state index in [0.717, 1.165) is 10.0 Å². The zero-order valence-corrected chi connectivity index (χ0v) is 16.3. The molecule has 24 heavy (non-hydrogen) atoms. The molecule has 0 spiro atoms. The van der Waals surface area contributed by atoms with Gasteiger partial charge in [0.25, 0.3) is 0 Å². The number of aliphatic hydroxyl groups is 1. The minimum absolute atomic E-state index is 0.163. The number of anilines is 1. The molecule has 1 aromatic rings. The number of nitrogens with one attached hydrogen (secondary N) is 1. The maximum absolute atomic E-state index is 12.1. The Hall–Kier alpha value is -1.15. The number of halogens is 1. The van der Waals surface area contributed by atoms with Crippen LogP contribution in [-0.4, -0.2) is 61.7 Å². The summed E-state index contributed by atoms with van der Waals surface area (Å²) in [6.07, 6.45) is -0.581. The first kappa shape index (κ1) is 20.9. The Kier molecular flexibility index (Phi) is 9.28.